The molecule has 0 bridgehead atoms. The van der Waals surface area contributed by atoms with E-state index >= 15 is 0 Å². The van der Waals surface area contributed by atoms with Crippen LogP contribution in [0.25, 0.3) is 0 Å². The van der Waals surface area contributed by atoms with E-state index in [-0.39, 0.29) is 0 Å². The fourth-order valence-corrected chi connectivity index (χ4v) is 1.29. The Morgan fingerprint density at radius 3 is 2.67 bits per heavy atom. The fourth-order valence-electron chi connectivity index (χ4n) is 1.12. The molecule has 0 aliphatic rings. The molecule has 4 heteroatoms. The summed E-state index contributed by atoms with van der Waals surface area (Å²) in [5, 5.41) is 0.381. The highest BCUT2D eigenvalue weighted by atomic mass is 35.5. The summed E-state index contributed by atoms with van der Waals surface area (Å²) in [5.41, 5.74) is 1.05. The molecule has 2 heterocycles. The second kappa shape index (κ2) is 4.75. The highest BCUT2D eigenvalue weighted by molar-refractivity contribution is 6.30. The molecule has 15 heavy (non-hydrogen) atoms. The lowest BCUT2D eigenvalue weighted by molar-refractivity contribution is 0.305. The minimum atomic E-state index is 0.381. The van der Waals surface area contributed by atoms with E-state index in [1.165, 1.54) is 0 Å². The maximum Gasteiger partial charge on any atom is 0.171 e. The van der Waals surface area contributed by atoms with Crippen molar-refractivity contribution in [2.24, 2.45) is 0 Å². The summed E-state index contributed by atoms with van der Waals surface area (Å²) in [4.78, 5) is 7.84. The second-order valence-corrected chi connectivity index (χ2v) is 3.29. The molecule has 0 aromatic carbocycles. The molecular formula is C11H9ClN2O. The number of hydrogen-bond acceptors (Lipinski definition) is 3. The molecule has 3 nitrogen and oxygen atoms in total. The van der Waals surface area contributed by atoms with Crippen molar-refractivity contribution >= 4 is 11.6 Å². The topological polar surface area (TPSA) is 35.0 Å². The van der Waals surface area contributed by atoms with Crippen molar-refractivity contribution in [2.75, 3.05) is 0 Å². The van der Waals surface area contributed by atoms with Gasteiger partial charge in [-0.2, -0.15) is 0 Å². The van der Waals surface area contributed by atoms with Crippen molar-refractivity contribution in [3.8, 4) is 5.75 Å². The van der Waals surface area contributed by atoms with Gasteiger partial charge in [0, 0.05) is 18.6 Å². The van der Waals surface area contributed by atoms with Gasteiger partial charge in [-0.25, -0.2) is 4.98 Å². The Morgan fingerprint density at radius 2 is 1.93 bits per heavy atom. The number of halogens is 1. The van der Waals surface area contributed by atoms with Crippen LogP contribution in [-0.2, 0) is 6.61 Å². The molecule has 0 fully saturated rings. The van der Waals surface area contributed by atoms with Gasteiger partial charge in [0.2, 0.25) is 0 Å². The quantitative estimate of drug-likeness (QED) is 0.746. The predicted octanol–water partition coefficient (Wildman–Crippen LogP) is 2.71. The van der Waals surface area contributed by atoms with E-state index in [1.54, 1.807) is 30.7 Å². The Kier molecular flexibility index (Phi) is 3.15. The van der Waals surface area contributed by atoms with Crippen LogP contribution in [0.15, 0.2) is 42.9 Å². The van der Waals surface area contributed by atoms with Crippen LogP contribution in [0.5, 0.6) is 5.75 Å². The third-order valence-corrected chi connectivity index (χ3v) is 2.15. The minimum absolute atomic E-state index is 0.381. The van der Waals surface area contributed by atoms with Gasteiger partial charge in [0.25, 0.3) is 0 Å². The van der Waals surface area contributed by atoms with Crippen molar-refractivity contribution in [3.05, 3.63) is 53.6 Å². The highest BCUT2D eigenvalue weighted by Crippen LogP contribution is 2.21. The summed E-state index contributed by atoms with van der Waals surface area (Å²) in [6, 6.07) is 7.36. The Hall–Kier alpha value is -1.61. The van der Waals surface area contributed by atoms with Gasteiger partial charge in [-0.05, 0) is 29.8 Å². The van der Waals surface area contributed by atoms with Crippen LogP contribution in [0.2, 0.25) is 5.15 Å². The van der Waals surface area contributed by atoms with E-state index in [1.807, 2.05) is 12.1 Å². The summed E-state index contributed by atoms with van der Waals surface area (Å²) in [6.07, 6.45) is 5.08. The van der Waals surface area contributed by atoms with Gasteiger partial charge in [0.1, 0.15) is 6.61 Å². The molecule has 0 spiro atoms. The molecule has 0 radical (unpaired) electrons. The van der Waals surface area contributed by atoms with E-state index in [9.17, 15) is 0 Å². The third kappa shape index (κ3) is 2.67. The van der Waals surface area contributed by atoms with Crippen molar-refractivity contribution in [1.82, 2.24) is 9.97 Å². The van der Waals surface area contributed by atoms with Gasteiger partial charge in [0.15, 0.2) is 10.9 Å². The number of aromatic nitrogens is 2. The van der Waals surface area contributed by atoms with Crippen LogP contribution in [0.1, 0.15) is 5.56 Å². The molecule has 2 aromatic rings. The van der Waals surface area contributed by atoms with Crippen molar-refractivity contribution in [2.45, 2.75) is 6.61 Å². The van der Waals surface area contributed by atoms with Crippen LogP contribution in [0, 0.1) is 0 Å². The number of nitrogens with zero attached hydrogens (tertiary/aromatic N) is 2. The Morgan fingerprint density at radius 1 is 1.13 bits per heavy atom. The first-order chi connectivity index (χ1) is 7.36. The summed E-state index contributed by atoms with van der Waals surface area (Å²) in [7, 11) is 0. The predicted molar refractivity (Wildman–Crippen MR) is 57.8 cm³/mol. The summed E-state index contributed by atoms with van der Waals surface area (Å²) in [5.74, 6) is 0.593. The number of pyridine rings is 2. The molecule has 0 amide bonds. The van der Waals surface area contributed by atoms with Crippen molar-refractivity contribution in [1.29, 1.82) is 0 Å². The van der Waals surface area contributed by atoms with Gasteiger partial charge in [-0.15, -0.1) is 0 Å². The van der Waals surface area contributed by atoms with Gasteiger partial charge >= 0.3 is 0 Å². The van der Waals surface area contributed by atoms with E-state index in [0.717, 1.165) is 5.56 Å². The van der Waals surface area contributed by atoms with E-state index in [0.29, 0.717) is 17.5 Å². The molecule has 0 saturated heterocycles. The highest BCUT2D eigenvalue weighted by Gasteiger charge is 2.00. The first-order valence-corrected chi connectivity index (χ1v) is 4.86. The zero-order valence-electron chi connectivity index (χ0n) is 7.93. The van der Waals surface area contributed by atoms with Crippen molar-refractivity contribution < 1.29 is 4.74 Å². The second-order valence-electron chi connectivity index (χ2n) is 2.94. The van der Waals surface area contributed by atoms with Crippen LogP contribution in [0.3, 0.4) is 0 Å². The van der Waals surface area contributed by atoms with Gasteiger partial charge < -0.3 is 4.74 Å². The summed E-state index contributed by atoms with van der Waals surface area (Å²) < 4.78 is 5.50. The van der Waals surface area contributed by atoms with Gasteiger partial charge in [-0.3, -0.25) is 4.98 Å². The normalized spacial score (nSPS) is 9.93. The first kappa shape index (κ1) is 9.93. The maximum absolute atomic E-state index is 5.84. The SMILES string of the molecule is Clc1ncccc1OCc1ccncc1. The zero-order valence-corrected chi connectivity index (χ0v) is 8.69. The number of ether oxygens (including phenoxy) is 1. The molecule has 0 aliphatic carbocycles. The lowest BCUT2D eigenvalue weighted by Crippen LogP contribution is -1.96. The number of rotatable bonds is 3. The lowest BCUT2D eigenvalue weighted by Gasteiger charge is -2.06. The molecule has 2 rings (SSSR count). The van der Waals surface area contributed by atoms with Crippen LogP contribution in [0.4, 0.5) is 0 Å². The van der Waals surface area contributed by atoms with Gasteiger partial charge in [0.05, 0.1) is 0 Å². The van der Waals surface area contributed by atoms with Crippen LogP contribution >= 0.6 is 11.6 Å². The van der Waals surface area contributed by atoms with Crippen LogP contribution in [-0.4, -0.2) is 9.97 Å². The average molecular weight is 221 g/mol. The molecule has 0 N–H and O–H groups in total. The number of hydrogen-bond donors (Lipinski definition) is 0. The average Bonchev–Trinajstić information content (AvgIpc) is 2.29. The molecule has 0 unspecified atom stereocenters. The van der Waals surface area contributed by atoms with Gasteiger partial charge in [-0.1, -0.05) is 11.6 Å². The Balaban J connectivity index is 2.03. The largest absolute Gasteiger partial charge is 0.486 e. The molecule has 0 saturated carbocycles. The zero-order chi connectivity index (χ0) is 10.5. The molecule has 2 aromatic heterocycles. The fraction of sp³-hybridized carbons (Fsp3) is 0.0909. The first-order valence-electron chi connectivity index (χ1n) is 4.48. The van der Waals surface area contributed by atoms with Crippen molar-refractivity contribution in [3.63, 3.8) is 0 Å². The Labute approximate surface area is 92.7 Å². The molecule has 0 aliphatic heterocycles. The summed E-state index contributed by atoms with van der Waals surface area (Å²) in [6.45, 7) is 0.466. The molecule has 76 valence electrons. The Bertz CT molecular complexity index is 434. The minimum Gasteiger partial charge on any atom is -0.486 e. The third-order valence-electron chi connectivity index (χ3n) is 1.87. The van der Waals surface area contributed by atoms with Crippen LogP contribution < -0.4 is 4.74 Å². The standard InChI is InChI=1S/C11H9ClN2O/c12-11-10(2-1-5-14-11)15-8-9-3-6-13-7-4-9/h1-7H,8H2. The van der Waals surface area contributed by atoms with E-state index in [4.69, 9.17) is 16.3 Å². The maximum atomic E-state index is 5.84. The van der Waals surface area contributed by atoms with E-state index < -0.39 is 0 Å². The smallest absolute Gasteiger partial charge is 0.171 e. The monoisotopic (exact) mass is 220 g/mol. The molecule has 0 atom stereocenters. The lowest BCUT2D eigenvalue weighted by atomic mass is 10.3. The summed E-state index contributed by atoms with van der Waals surface area (Å²) >= 11 is 5.84. The molecular weight excluding hydrogens is 212 g/mol. The van der Waals surface area contributed by atoms with E-state index in [2.05, 4.69) is 9.97 Å².